The van der Waals surface area contributed by atoms with E-state index in [1.807, 2.05) is 12.2 Å². The summed E-state index contributed by atoms with van der Waals surface area (Å²) in [6, 6.07) is 3.64. The molecular formula is C20H18Cl2N2O5. The molecule has 1 saturated heterocycles. The van der Waals surface area contributed by atoms with Crippen molar-refractivity contribution in [2.45, 2.75) is 19.4 Å². The zero-order chi connectivity index (χ0) is 20.9. The van der Waals surface area contributed by atoms with Crippen LogP contribution >= 0.6 is 23.2 Å². The van der Waals surface area contributed by atoms with E-state index in [1.165, 1.54) is 6.92 Å². The third kappa shape index (κ3) is 3.32. The maximum absolute atomic E-state index is 12.7. The molecule has 7 nitrogen and oxygen atoms in total. The molecule has 152 valence electrons. The van der Waals surface area contributed by atoms with Crippen LogP contribution in [0.1, 0.15) is 13.3 Å². The van der Waals surface area contributed by atoms with Gasteiger partial charge in [0.05, 0.1) is 27.6 Å². The van der Waals surface area contributed by atoms with Crippen molar-refractivity contribution in [3.63, 3.8) is 0 Å². The standard InChI is InChI=1S/C20H18Cl2N2O5/c1-9(24-18(26)15-10-5-6-11(7-10)16(15)19(24)27)20(28)29-8-14(25)23-13-4-2-3-12(21)17(13)22/h2-6,9-11,15-16H,7-8H2,1H3,(H,23,25)/t9-,10+,11+,15-,16-/m1/s1. The molecule has 3 amide bonds. The lowest BCUT2D eigenvalue weighted by Crippen LogP contribution is -2.45. The minimum Gasteiger partial charge on any atom is -0.454 e. The minimum atomic E-state index is -1.09. The monoisotopic (exact) mass is 436 g/mol. The molecule has 5 atom stereocenters. The summed E-state index contributed by atoms with van der Waals surface area (Å²) in [4.78, 5) is 50.9. The number of likely N-dealkylation sites (tertiary alicyclic amines) is 1. The zero-order valence-corrected chi connectivity index (χ0v) is 16.9. The smallest absolute Gasteiger partial charge is 0.329 e. The maximum Gasteiger partial charge on any atom is 0.329 e. The van der Waals surface area contributed by atoms with Crippen LogP contribution in [-0.4, -0.2) is 41.2 Å². The average Bonchev–Trinajstić information content (AvgIpc) is 3.37. The van der Waals surface area contributed by atoms with Gasteiger partial charge in [-0.05, 0) is 37.3 Å². The molecule has 1 aliphatic heterocycles. The van der Waals surface area contributed by atoms with Crippen LogP contribution in [0.5, 0.6) is 0 Å². The largest absolute Gasteiger partial charge is 0.454 e. The number of nitrogens with one attached hydrogen (secondary N) is 1. The number of rotatable bonds is 5. The fraction of sp³-hybridized carbons (Fsp3) is 0.400. The van der Waals surface area contributed by atoms with Crippen LogP contribution in [0, 0.1) is 23.7 Å². The Labute approximate surface area is 177 Å². The molecule has 29 heavy (non-hydrogen) atoms. The molecule has 0 radical (unpaired) electrons. The number of hydrogen-bond acceptors (Lipinski definition) is 5. The lowest BCUT2D eigenvalue weighted by Gasteiger charge is -2.23. The van der Waals surface area contributed by atoms with E-state index >= 15 is 0 Å². The SMILES string of the molecule is C[C@H](C(=O)OCC(=O)Nc1cccc(Cl)c1Cl)N1C(=O)[C@H]2[C@H](C1=O)[C@H]1C=C[C@H]2C1. The number of imide groups is 1. The third-order valence-corrected chi connectivity index (χ3v) is 6.62. The lowest BCUT2D eigenvalue weighted by atomic mass is 9.85. The van der Waals surface area contributed by atoms with E-state index < -0.39 is 24.5 Å². The van der Waals surface area contributed by atoms with E-state index in [4.69, 9.17) is 27.9 Å². The van der Waals surface area contributed by atoms with Gasteiger partial charge >= 0.3 is 5.97 Å². The lowest BCUT2D eigenvalue weighted by molar-refractivity contribution is -0.159. The molecule has 4 rings (SSSR count). The number of anilines is 1. The second kappa shape index (κ2) is 7.46. The Morgan fingerprint density at radius 1 is 1.17 bits per heavy atom. The molecule has 1 aromatic rings. The Bertz CT molecular complexity index is 917. The second-order valence-corrected chi connectivity index (χ2v) is 8.26. The van der Waals surface area contributed by atoms with Crippen LogP contribution in [-0.2, 0) is 23.9 Å². The van der Waals surface area contributed by atoms with Crippen LogP contribution in [0.3, 0.4) is 0 Å². The average molecular weight is 437 g/mol. The molecule has 1 heterocycles. The van der Waals surface area contributed by atoms with Crippen molar-refractivity contribution in [1.82, 2.24) is 4.90 Å². The summed E-state index contributed by atoms with van der Waals surface area (Å²) in [5.41, 5.74) is 0.286. The van der Waals surface area contributed by atoms with E-state index in [-0.39, 0.29) is 51.2 Å². The highest BCUT2D eigenvalue weighted by Gasteiger charge is 2.60. The van der Waals surface area contributed by atoms with Crippen molar-refractivity contribution in [3.05, 3.63) is 40.4 Å². The van der Waals surface area contributed by atoms with Crippen LogP contribution in [0.2, 0.25) is 10.0 Å². The molecule has 0 spiro atoms. The number of carbonyl (C=O) groups is 4. The van der Waals surface area contributed by atoms with Crippen LogP contribution < -0.4 is 5.32 Å². The van der Waals surface area contributed by atoms with Crippen LogP contribution in [0.15, 0.2) is 30.4 Å². The first kappa shape index (κ1) is 19.9. The van der Waals surface area contributed by atoms with Gasteiger partial charge in [0.25, 0.3) is 5.91 Å². The minimum absolute atomic E-state index is 0.0582. The molecule has 1 N–H and O–H groups in total. The number of fused-ring (bicyclic) bond motifs is 5. The van der Waals surface area contributed by atoms with Gasteiger partial charge in [0.1, 0.15) is 6.04 Å². The molecule has 1 aromatic carbocycles. The van der Waals surface area contributed by atoms with E-state index in [2.05, 4.69) is 5.32 Å². The van der Waals surface area contributed by atoms with Crippen molar-refractivity contribution in [2.24, 2.45) is 23.7 Å². The summed E-state index contributed by atoms with van der Waals surface area (Å²) >= 11 is 11.9. The molecule has 1 saturated carbocycles. The number of ether oxygens (including phenoxy) is 1. The van der Waals surface area contributed by atoms with Gasteiger partial charge < -0.3 is 10.1 Å². The van der Waals surface area contributed by atoms with Crippen molar-refractivity contribution in [3.8, 4) is 0 Å². The summed E-state index contributed by atoms with van der Waals surface area (Å²) in [7, 11) is 0. The van der Waals surface area contributed by atoms with Crippen molar-refractivity contribution in [1.29, 1.82) is 0 Å². The predicted molar refractivity (Wildman–Crippen MR) is 105 cm³/mol. The van der Waals surface area contributed by atoms with Crippen LogP contribution in [0.25, 0.3) is 0 Å². The van der Waals surface area contributed by atoms with Gasteiger partial charge in [-0.1, -0.05) is 41.4 Å². The van der Waals surface area contributed by atoms with Gasteiger partial charge in [-0.15, -0.1) is 0 Å². The molecule has 2 aliphatic carbocycles. The Morgan fingerprint density at radius 3 is 2.41 bits per heavy atom. The zero-order valence-electron chi connectivity index (χ0n) is 15.4. The van der Waals surface area contributed by atoms with Gasteiger partial charge in [0.15, 0.2) is 6.61 Å². The number of amides is 3. The van der Waals surface area contributed by atoms with E-state index in [9.17, 15) is 19.2 Å². The maximum atomic E-state index is 12.7. The van der Waals surface area contributed by atoms with Gasteiger partial charge in [-0.3, -0.25) is 19.3 Å². The van der Waals surface area contributed by atoms with E-state index in [1.54, 1.807) is 18.2 Å². The number of benzene rings is 1. The number of halogens is 2. The molecule has 9 heteroatoms. The van der Waals surface area contributed by atoms with Crippen LogP contribution in [0.4, 0.5) is 5.69 Å². The predicted octanol–water partition coefficient (Wildman–Crippen LogP) is 2.67. The molecular weight excluding hydrogens is 419 g/mol. The number of nitrogens with zero attached hydrogens (tertiary/aromatic N) is 1. The third-order valence-electron chi connectivity index (χ3n) is 5.80. The van der Waals surface area contributed by atoms with Crippen molar-refractivity contribution in [2.75, 3.05) is 11.9 Å². The first-order valence-electron chi connectivity index (χ1n) is 9.25. The van der Waals surface area contributed by atoms with Crippen molar-refractivity contribution < 1.29 is 23.9 Å². The number of allylic oxidation sites excluding steroid dienone is 2. The molecule has 3 aliphatic rings. The van der Waals surface area contributed by atoms with Crippen molar-refractivity contribution >= 4 is 52.6 Å². The Morgan fingerprint density at radius 2 is 1.79 bits per heavy atom. The van der Waals surface area contributed by atoms with Gasteiger partial charge in [0.2, 0.25) is 11.8 Å². The molecule has 2 bridgehead atoms. The normalized spacial score (nSPS) is 27.9. The number of hydrogen-bond donors (Lipinski definition) is 1. The summed E-state index contributed by atoms with van der Waals surface area (Å²) in [5, 5.41) is 2.94. The highest BCUT2D eigenvalue weighted by atomic mass is 35.5. The highest BCUT2D eigenvalue weighted by Crippen LogP contribution is 2.52. The first-order chi connectivity index (χ1) is 13.8. The molecule has 0 unspecified atom stereocenters. The Balaban J connectivity index is 1.35. The first-order valence-corrected chi connectivity index (χ1v) is 10.0. The van der Waals surface area contributed by atoms with E-state index in [0.717, 1.165) is 11.3 Å². The fourth-order valence-electron chi connectivity index (χ4n) is 4.46. The second-order valence-electron chi connectivity index (χ2n) is 7.48. The Hall–Kier alpha value is -2.38. The molecule has 2 fully saturated rings. The fourth-order valence-corrected chi connectivity index (χ4v) is 4.80. The summed E-state index contributed by atoms with van der Waals surface area (Å²) in [5.74, 6) is -2.77. The summed E-state index contributed by atoms with van der Waals surface area (Å²) in [6.45, 7) is 0.849. The topological polar surface area (TPSA) is 92.8 Å². The summed E-state index contributed by atoms with van der Waals surface area (Å²) < 4.78 is 5.02. The van der Waals surface area contributed by atoms with E-state index in [0.29, 0.717) is 0 Å². The number of esters is 1. The van der Waals surface area contributed by atoms with Gasteiger partial charge in [-0.2, -0.15) is 0 Å². The van der Waals surface area contributed by atoms with Gasteiger partial charge in [0, 0.05) is 0 Å². The Kier molecular flexibility index (Phi) is 5.12. The quantitative estimate of drug-likeness (QED) is 0.435. The number of carbonyl (C=O) groups excluding carboxylic acids is 4. The van der Waals surface area contributed by atoms with Gasteiger partial charge in [-0.25, -0.2) is 4.79 Å². The highest BCUT2D eigenvalue weighted by molar-refractivity contribution is 6.44. The molecule has 0 aromatic heterocycles. The summed E-state index contributed by atoms with van der Waals surface area (Å²) in [6.07, 6.45) is 4.77.